The third kappa shape index (κ3) is 4.15. The largest absolute Gasteiger partial charge is 0.482 e. The van der Waals surface area contributed by atoms with Crippen molar-refractivity contribution >= 4 is 27.3 Å². The summed E-state index contributed by atoms with van der Waals surface area (Å²) in [5.41, 5.74) is 0.990. The molecule has 0 bridgehead atoms. The van der Waals surface area contributed by atoms with Crippen LogP contribution < -0.4 is 14.4 Å². The van der Waals surface area contributed by atoms with Crippen LogP contribution in [0.15, 0.2) is 45.8 Å². The van der Waals surface area contributed by atoms with Crippen molar-refractivity contribution in [1.29, 1.82) is 0 Å². The normalized spacial score (nSPS) is 16.2. The first-order valence-electron chi connectivity index (χ1n) is 10.5. The zero-order chi connectivity index (χ0) is 23.2. The van der Waals surface area contributed by atoms with Gasteiger partial charge >= 0.3 is 0 Å². The Balaban J connectivity index is 1.43. The molecule has 1 amide bonds. The molecule has 1 fully saturated rings. The second-order valence-electron chi connectivity index (χ2n) is 8.14. The van der Waals surface area contributed by atoms with Gasteiger partial charge in [-0.25, -0.2) is 12.8 Å². The fourth-order valence-corrected chi connectivity index (χ4v) is 4.91. The molecule has 2 aromatic carbocycles. The number of sulfonamides is 1. The van der Waals surface area contributed by atoms with Gasteiger partial charge in [-0.3, -0.25) is 14.4 Å². The molecule has 0 saturated heterocycles. The molecular weight excluding hydrogens is 451 g/mol. The minimum Gasteiger partial charge on any atom is -0.482 e. The number of amides is 1. The van der Waals surface area contributed by atoms with Crippen LogP contribution >= 0.6 is 0 Å². The predicted molar refractivity (Wildman–Crippen MR) is 116 cm³/mol. The number of nitrogens with one attached hydrogen (secondary N) is 1. The number of halogens is 1. The molecule has 0 unspecified atom stereocenters. The van der Waals surface area contributed by atoms with Crippen LogP contribution in [0.3, 0.4) is 0 Å². The van der Waals surface area contributed by atoms with Crippen LogP contribution in [0.25, 0.3) is 0 Å². The Morgan fingerprint density at radius 2 is 2.03 bits per heavy atom. The Bertz CT molecular complexity index is 1340. The van der Waals surface area contributed by atoms with E-state index in [1.807, 2.05) is 0 Å². The van der Waals surface area contributed by atoms with Gasteiger partial charge in [-0.15, -0.1) is 0 Å². The van der Waals surface area contributed by atoms with E-state index >= 15 is 0 Å². The van der Waals surface area contributed by atoms with Crippen molar-refractivity contribution in [2.75, 3.05) is 16.2 Å². The first-order chi connectivity index (χ1) is 15.8. The van der Waals surface area contributed by atoms with Crippen molar-refractivity contribution in [2.45, 2.75) is 43.5 Å². The van der Waals surface area contributed by atoms with Crippen LogP contribution in [0.5, 0.6) is 5.75 Å². The van der Waals surface area contributed by atoms with Crippen LogP contribution in [0.4, 0.5) is 15.8 Å². The zero-order valence-electron chi connectivity index (χ0n) is 17.7. The Hall–Kier alpha value is -3.47. The van der Waals surface area contributed by atoms with E-state index in [0.717, 1.165) is 19.3 Å². The van der Waals surface area contributed by atoms with Gasteiger partial charge in [0.1, 0.15) is 11.6 Å². The smallest absolute Gasteiger partial charge is 0.265 e. The maximum atomic E-state index is 13.4. The summed E-state index contributed by atoms with van der Waals surface area (Å²) in [5, 5.41) is 3.98. The Kier molecular flexibility index (Phi) is 5.28. The maximum Gasteiger partial charge on any atom is 0.265 e. The first-order valence-corrected chi connectivity index (χ1v) is 12.0. The van der Waals surface area contributed by atoms with Gasteiger partial charge in [0.05, 0.1) is 22.8 Å². The number of carbonyl (C=O) groups excluding carboxylic acids is 1. The molecular formula is C22H21FN4O5S. The fraction of sp³-hybridized carbons (Fsp3) is 0.318. The van der Waals surface area contributed by atoms with Crippen LogP contribution in [0, 0.1) is 12.7 Å². The van der Waals surface area contributed by atoms with Gasteiger partial charge in [0.25, 0.3) is 15.9 Å². The molecule has 2 aliphatic rings. The SMILES string of the molecule is Cc1cc(F)ccc1NS(=O)(=O)c1ccc2c(c1)N(Cc1noc(C3CCC3)n1)C(=O)CO2. The number of rotatable bonds is 6. The van der Waals surface area contributed by atoms with Crippen molar-refractivity contribution < 1.29 is 26.9 Å². The molecule has 33 heavy (non-hydrogen) atoms. The number of benzene rings is 2. The number of aryl methyl sites for hydroxylation is 1. The van der Waals surface area contributed by atoms with Gasteiger partial charge in [-0.1, -0.05) is 11.6 Å². The maximum absolute atomic E-state index is 13.4. The minimum absolute atomic E-state index is 0.0272. The Morgan fingerprint density at radius 3 is 2.76 bits per heavy atom. The third-order valence-corrected chi connectivity index (χ3v) is 7.22. The number of aromatic nitrogens is 2. The van der Waals surface area contributed by atoms with E-state index in [1.54, 1.807) is 6.92 Å². The van der Waals surface area contributed by atoms with Gasteiger partial charge in [0.2, 0.25) is 5.89 Å². The number of carbonyl (C=O) groups is 1. The fourth-order valence-electron chi connectivity index (χ4n) is 3.76. The van der Waals surface area contributed by atoms with E-state index < -0.39 is 15.8 Å². The lowest BCUT2D eigenvalue weighted by molar-refractivity contribution is -0.121. The Morgan fingerprint density at radius 1 is 1.21 bits per heavy atom. The number of nitrogens with zero attached hydrogens (tertiary/aromatic N) is 3. The van der Waals surface area contributed by atoms with Gasteiger partial charge in [0.15, 0.2) is 12.4 Å². The molecule has 0 atom stereocenters. The van der Waals surface area contributed by atoms with Crippen molar-refractivity contribution in [3.8, 4) is 5.75 Å². The summed E-state index contributed by atoms with van der Waals surface area (Å²) < 4.78 is 52.7. The number of ether oxygens (including phenoxy) is 1. The van der Waals surface area contributed by atoms with Crippen molar-refractivity contribution in [2.24, 2.45) is 0 Å². The monoisotopic (exact) mass is 472 g/mol. The molecule has 9 nitrogen and oxygen atoms in total. The van der Waals surface area contributed by atoms with Crippen molar-refractivity contribution in [3.63, 3.8) is 0 Å². The van der Waals surface area contributed by atoms with Crippen LogP contribution in [0.1, 0.15) is 42.5 Å². The number of hydrogen-bond acceptors (Lipinski definition) is 7. The summed E-state index contributed by atoms with van der Waals surface area (Å²) in [7, 11) is -4.01. The van der Waals surface area contributed by atoms with Gasteiger partial charge in [0, 0.05) is 5.92 Å². The summed E-state index contributed by atoms with van der Waals surface area (Å²) >= 11 is 0. The average Bonchev–Trinajstić information content (AvgIpc) is 3.18. The standard InChI is InChI=1S/C22H21FN4O5S/c1-13-9-15(23)5-7-17(13)26-33(29,30)16-6-8-19-18(10-16)27(21(28)12-31-19)11-20-24-22(32-25-20)14-3-2-4-14/h5-10,14,26H,2-4,11-12H2,1H3. The molecule has 11 heteroatoms. The molecule has 1 saturated carbocycles. The van der Waals surface area contributed by atoms with Gasteiger partial charge < -0.3 is 9.26 Å². The molecule has 1 N–H and O–H groups in total. The number of fused-ring (bicyclic) bond motifs is 1. The second-order valence-corrected chi connectivity index (χ2v) is 9.82. The topological polar surface area (TPSA) is 115 Å². The highest BCUT2D eigenvalue weighted by molar-refractivity contribution is 7.92. The van der Waals surface area contributed by atoms with Gasteiger partial charge in [-0.05, 0) is 61.7 Å². The molecule has 3 aromatic rings. The van der Waals surface area contributed by atoms with Crippen LogP contribution in [-0.4, -0.2) is 31.1 Å². The van der Waals surface area contributed by atoms with Crippen molar-refractivity contribution in [3.05, 3.63) is 59.5 Å². The highest BCUT2D eigenvalue weighted by atomic mass is 32.2. The van der Waals surface area contributed by atoms with E-state index in [1.165, 1.54) is 41.3 Å². The highest BCUT2D eigenvalue weighted by Gasteiger charge is 2.31. The van der Waals surface area contributed by atoms with E-state index in [4.69, 9.17) is 9.26 Å². The van der Waals surface area contributed by atoms with Crippen LogP contribution in [-0.2, 0) is 21.4 Å². The predicted octanol–water partition coefficient (Wildman–Crippen LogP) is 3.51. The lowest BCUT2D eigenvalue weighted by atomic mass is 9.85. The molecule has 5 rings (SSSR count). The summed E-state index contributed by atoms with van der Waals surface area (Å²) in [6, 6.07) is 8.01. The van der Waals surface area contributed by atoms with E-state index in [-0.39, 0.29) is 35.6 Å². The lowest BCUT2D eigenvalue weighted by Crippen LogP contribution is -2.38. The molecule has 0 radical (unpaired) electrons. The summed E-state index contributed by atoms with van der Waals surface area (Å²) in [5.74, 6) is 0.719. The number of hydrogen-bond donors (Lipinski definition) is 1. The summed E-state index contributed by atoms with van der Waals surface area (Å²) in [4.78, 5) is 18.3. The molecule has 2 heterocycles. The molecule has 172 valence electrons. The van der Waals surface area contributed by atoms with E-state index in [9.17, 15) is 17.6 Å². The summed E-state index contributed by atoms with van der Waals surface area (Å²) in [6.07, 6.45) is 3.13. The highest BCUT2D eigenvalue weighted by Crippen LogP contribution is 2.37. The Labute approximate surface area is 189 Å². The molecule has 1 aliphatic heterocycles. The molecule has 0 spiro atoms. The zero-order valence-corrected chi connectivity index (χ0v) is 18.6. The average molecular weight is 472 g/mol. The van der Waals surface area contributed by atoms with Crippen molar-refractivity contribution in [1.82, 2.24) is 10.1 Å². The second kappa shape index (κ2) is 8.14. The summed E-state index contributed by atoms with van der Waals surface area (Å²) in [6.45, 7) is 1.45. The van der Waals surface area contributed by atoms with E-state index in [2.05, 4.69) is 14.9 Å². The number of anilines is 2. The lowest BCUT2D eigenvalue weighted by Gasteiger charge is -2.28. The minimum atomic E-state index is -4.01. The third-order valence-electron chi connectivity index (χ3n) is 5.85. The molecule has 1 aliphatic carbocycles. The first kappa shape index (κ1) is 21.4. The van der Waals surface area contributed by atoms with Crippen LogP contribution in [0.2, 0.25) is 0 Å². The van der Waals surface area contributed by atoms with Gasteiger partial charge in [-0.2, -0.15) is 4.98 Å². The van der Waals surface area contributed by atoms with E-state index in [0.29, 0.717) is 28.7 Å². The quantitative estimate of drug-likeness (QED) is 0.584. The molecule has 1 aromatic heterocycles.